The Morgan fingerprint density at radius 1 is 1.30 bits per heavy atom. The third kappa shape index (κ3) is 3.82. The van der Waals surface area contributed by atoms with E-state index >= 15 is 0 Å². The van der Waals surface area contributed by atoms with Crippen LogP contribution in [0.4, 0.5) is 5.82 Å². The number of amides is 1. The van der Waals surface area contributed by atoms with Gasteiger partial charge in [-0.15, -0.1) is 0 Å². The van der Waals surface area contributed by atoms with Crippen molar-refractivity contribution in [3.63, 3.8) is 0 Å². The van der Waals surface area contributed by atoms with E-state index in [1.54, 1.807) is 0 Å². The molecule has 3 fully saturated rings. The zero-order valence-electron chi connectivity index (χ0n) is 16.7. The molecule has 0 aromatic carbocycles. The molecule has 148 valence electrons. The topological polar surface area (TPSA) is 69.6 Å². The molecule has 1 amide bonds. The van der Waals surface area contributed by atoms with Crippen molar-refractivity contribution in [3.8, 4) is 0 Å². The number of hydrogen-bond acceptors (Lipinski definition) is 5. The van der Waals surface area contributed by atoms with Crippen LogP contribution >= 0.6 is 0 Å². The summed E-state index contributed by atoms with van der Waals surface area (Å²) < 4.78 is 0. The summed E-state index contributed by atoms with van der Waals surface area (Å²) in [4.78, 5) is 26.6. The van der Waals surface area contributed by atoms with E-state index < -0.39 is 0 Å². The first-order valence-electron chi connectivity index (χ1n) is 10.6. The van der Waals surface area contributed by atoms with Gasteiger partial charge in [-0.05, 0) is 51.4 Å². The van der Waals surface area contributed by atoms with Crippen molar-refractivity contribution < 1.29 is 9.90 Å². The summed E-state index contributed by atoms with van der Waals surface area (Å²) >= 11 is 0. The third-order valence-electron chi connectivity index (χ3n) is 6.48. The van der Waals surface area contributed by atoms with Gasteiger partial charge in [-0.3, -0.25) is 4.79 Å². The zero-order chi connectivity index (χ0) is 19.0. The molecule has 6 heteroatoms. The van der Waals surface area contributed by atoms with Gasteiger partial charge in [0.05, 0.1) is 11.5 Å². The minimum atomic E-state index is -0.384. The lowest BCUT2D eigenvalue weighted by molar-refractivity contribution is -0.154. The summed E-state index contributed by atoms with van der Waals surface area (Å²) in [5.74, 6) is 2.78. The molecule has 27 heavy (non-hydrogen) atoms. The van der Waals surface area contributed by atoms with Crippen LogP contribution in [0.2, 0.25) is 0 Å². The maximum atomic E-state index is 13.2. The largest absolute Gasteiger partial charge is 0.391 e. The highest BCUT2D eigenvalue weighted by molar-refractivity contribution is 5.84. The van der Waals surface area contributed by atoms with Crippen LogP contribution in [0.1, 0.15) is 56.8 Å². The summed E-state index contributed by atoms with van der Waals surface area (Å²) in [6.07, 6.45) is 8.30. The summed E-state index contributed by atoms with van der Waals surface area (Å²) in [5.41, 5.74) is 0.820. The van der Waals surface area contributed by atoms with E-state index in [1.807, 2.05) is 18.0 Å². The molecule has 1 atom stereocenters. The number of carbonyl (C=O) groups excluding carboxylic acids is 1. The maximum absolute atomic E-state index is 13.2. The smallest absolute Gasteiger partial charge is 0.229 e. The Balaban J connectivity index is 1.49. The molecule has 1 aliphatic carbocycles. The molecule has 6 nitrogen and oxygen atoms in total. The van der Waals surface area contributed by atoms with Crippen LogP contribution in [0.5, 0.6) is 0 Å². The molecule has 4 rings (SSSR count). The maximum Gasteiger partial charge on any atom is 0.229 e. The Hall–Kier alpha value is -1.69. The Morgan fingerprint density at radius 3 is 2.70 bits per heavy atom. The first-order chi connectivity index (χ1) is 13.0. The number of piperidine rings is 2. The number of likely N-dealkylation sites (tertiary alicyclic amines) is 1. The quantitative estimate of drug-likeness (QED) is 0.859. The second-order valence-electron chi connectivity index (χ2n) is 8.79. The van der Waals surface area contributed by atoms with Crippen LogP contribution in [-0.2, 0) is 11.2 Å². The minimum Gasteiger partial charge on any atom is -0.391 e. The number of nitrogens with zero attached hydrogens (tertiary/aromatic N) is 4. The Bertz CT molecular complexity index is 693. The molecule has 1 saturated carbocycles. The molecule has 3 heterocycles. The summed E-state index contributed by atoms with van der Waals surface area (Å²) in [7, 11) is 0. The summed E-state index contributed by atoms with van der Waals surface area (Å²) in [5, 5.41) is 10.5. The van der Waals surface area contributed by atoms with Crippen molar-refractivity contribution >= 4 is 11.7 Å². The van der Waals surface area contributed by atoms with Gasteiger partial charge in [0.15, 0.2) is 0 Å². The van der Waals surface area contributed by atoms with E-state index in [-0.39, 0.29) is 17.4 Å². The molecule has 1 aromatic rings. The number of rotatable bonds is 5. The number of aliphatic hydroxyl groups is 1. The van der Waals surface area contributed by atoms with Crippen LogP contribution in [-0.4, -0.2) is 58.2 Å². The third-order valence-corrected chi connectivity index (χ3v) is 6.48. The van der Waals surface area contributed by atoms with E-state index in [2.05, 4.69) is 16.8 Å². The minimum absolute atomic E-state index is 0.284. The van der Waals surface area contributed by atoms with Crippen LogP contribution in [0.3, 0.4) is 0 Å². The number of hydrogen-bond donors (Lipinski definition) is 1. The standard InChI is InChI=1S/C21H32N4O2/c1-3-4-17-12-22-15(2)23-19(17)24-9-7-21(8-10-24)11-18(26)14-25(20(21)27)13-16-5-6-16/h12,16,18,26H,3-11,13-14H2,1-2H3. The van der Waals surface area contributed by atoms with Gasteiger partial charge in [0.25, 0.3) is 0 Å². The highest BCUT2D eigenvalue weighted by atomic mass is 16.3. The Morgan fingerprint density at radius 2 is 2.04 bits per heavy atom. The number of aromatic nitrogens is 2. The normalized spacial score (nSPS) is 25.3. The fourth-order valence-corrected chi connectivity index (χ4v) is 4.81. The molecular weight excluding hydrogens is 340 g/mol. The molecule has 1 aromatic heterocycles. The van der Waals surface area contributed by atoms with Gasteiger partial charge in [-0.25, -0.2) is 9.97 Å². The average molecular weight is 373 g/mol. The number of anilines is 1. The number of β-amino-alcohol motifs (C(OH)–C–C–N with tert-alkyl or cyclic N) is 1. The highest BCUT2D eigenvalue weighted by Crippen LogP contribution is 2.43. The van der Waals surface area contributed by atoms with Crippen LogP contribution in [0, 0.1) is 18.3 Å². The van der Waals surface area contributed by atoms with Gasteiger partial charge in [-0.2, -0.15) is 0 Å². The van der Waals surface area contributed by atoms with E-state index in [1.165, 1.54) is 18.4 Å². The van der Waals surface area contributed by atoms with Gasteiger partial charge in [0.1, 0.15) is 11.6 Å². The van der Waals surface area contributed by atoms with E-state index in [0.717, 1.165) is 57.0 Å². The van der Waals surface area contributed by atoms with Gasteiger partial charge >= 0.3 is 0 Å². The van der Waals surface area contributed by atoms with Crippen LogP contribution in [0.15, 0.2) is 6.20 Å². The number of aryl methyl sites for hydroxylation is 2. The fraction of sp³-hybridized carbons (Fsp3) is 0.762. The van der Waals surface area contributed by atoms with E-state index in [0.29, 0.717) is 18.9 Å². The highest BCUT2D eigenvalue weighted by Gasteiger charge is 2.49. The lowest BCUT2D eigenvalue weighted by atomic mass is 9.70. The molecule has 1 N–H and O–H groups in total. The molecule has 1 unspecified atom stereocenters. The predicted octanol–water partition coefficient (Wildman–Crippen LogP) is 2.33. The molecule has 2 aliphatic heterocycles. The molecule has 0 bridgehead atoms. The Labute approximate surface area is 162 Å². The zero-order valence-corrected chi connectivity index (χ0v) is 16.7. The first-order valence-corrected chi connectivity index (χ1v) is 10.6. The average Bonchev–Trinajstić information content (AvgIpc) is 3.46. The second-order valence-corrected chi connectivity index (χ2v) is 8.79. The van der Waals surface area contributed by atoms with Gasteiger partial charge < -0.3 is 14.9 Å². The van der Waals surface area contributed by atoms with E-state index in [4.69, 9.17) is 4.98 Å². The molecule has 1 spiro atoms. The SMILES string of the molecule is CCCc1cnc(C)nc1N1CCC2(CC1)CC(O)CN(CC1CC1)C2=O. The fourth-order valence-electron chi connectivity index (χ4n) is 4.81. The number of carbonyl (C=O) groups is 1. The lowest BCUT2D eigenvalue weighted by Crippen LogP contribution is -2.58. The van der Waals surface area contributed by atoms with Crippen molar-refractivity contribution in [1.82, 2.24) is 14.9 Å². The van der Waals surface area contributed by atoms with Crippen molar-refractivity contribution in [1.29, 1.82) is 0 Å². The number of aliphatic hydroxyl groups excluding tert-OH is 1. The van der Waals surface area contributed by atoms with Crippen molar-refractivity contribution in [2.75, 3.05) is 31.1 Å². The monoisotopic (exact) mass is 372 g/mol. The van der Waals surface area contributed by atoms with Gasteiger partial charge in [-0.1, -0.05) is 13.3 Å². The Kier molecular flexibility index (Phi) is 5.10. The molecule has 0 radical (unpaired) electrons. The molecule has 3 aliphatic rings. The lowest BCUT2D eigenvalue weighted by Gasteiger charge is -2.48. The van der Waals surface area contributed by atoms with Crippen LogP contribution in [0.25, 0.3) is 0 Å². The van der Waals surface area contributed by atoms with Crippen LogP contribution < -0.4 is 4.90 Å². The van der Waals surface area contributed by atoms with Crippen molar-refractivity contribution in [2.24, 2.45) is 11.3 Å². The second kappa shape index (κ2) is 7.38. The summed E-state index contributed by atoms with van der Waals surface area (Å²) in [6.45, 7) is 7.11. The van der Waals surface area contributed by atoms with Gasteiger partial charge in [0.2, 0.25) is 5.91 Å². The molecular formula is C21H32N4O2. The predicted molar refractivity (Wildman–Crippen MR) is 105 cm³/mol. The molecule has 2 saturated heterocycles. The van der Waals surface area contributed by atoms with Crippen molar-refractivity contribution in [2.45, 2.75) is 64.9 Å². The van der Waals surface area contributed by atoms with Crippen molar-refractivity contribution in [3.05, 3.63) is 17.6 Å². The van der Waals surface area contributed by atoms with Gasteiger partial charge in [0, 0.05) is 37.9 Å². The van der Waals surface area contributed by atoms with E-state index in [9.17, 15) is 9.90 Å². The summed E-state index contributed by atoms with van der Waals surface area (Å²) in [6, 6.07) is 0. The first kappa shape index (κ1) is 18.7.